The van der Waals surface area contributed by atoms with Crippen LogP contribution in [0.4, 0.5) is 0 Å². The molecule has 3 nitrogen and oxygen atoms in total. The lowest BCUT2D eigenvalue weighted by molar-refractivity contribution is 0.0668. The van der Waals surface area contributed by atoms with Crippen molar-refractivity contribution >= 4 is 0 Å². The van der Waals surface area contributed by atoms with Crippen LogP contribution < -0.4 is 0 Å². The fraction of sp³-hybridized carbons (Fsp3) is 0.667. The van der Waals surface area contributed by atoms with Gasteiger partial charge < -0.3 is 10.0 Å². The zero-order valence-corrected chi connectivity index (χ0v) is 16.6. The van der Waals surface area contributed by atoms with Crippen LogP contribution >= 0.6 is 0 Å². The van der Waals surface area contributed by atoms with Gasteiger partial charge in [-0.15, -0.1) is 0 Å². The molecule has 27 heavy (non-hydrogen) atoms. The molecule has 3 aliphatic rings. The minimum atomic E-state index is 0.139. The van der Waals surface area contributed by atoms with Crippen molar-refractivity contribution in [3.63, 3.8) is 0 Å². The number of aliphatic hydroxyl groups excluding tert-OH is 1. The second-order valence-corrected chi connectivity index (χ2v) is 9.07. The molecule has 1 aromatic rings. The molecule has 0 amide bonds. The van der Waals surface area contributed by atoms with Crippen LogP contribution in [0.1, 0.15) is 56.1 Å². The number of nitrogens with zero attached hydrogens (tertiary/aromatic N) is 2. The van der Waals surface area contributed by atoms with Crippen molar-refractivity contribution in [1.82, 2.24) is 9.80 Å². The molecule has 4 rings (SSSR count). The summed E-state index contributed by atoms with van der Waals surface area (Å²) in [6.45, 7) is 7.74. The molecule has 2 heterocycles. The van der Waals surface area contributed by atoms with E-state index >= 15 is 0 Å². The van der Waals surface area contributed by atoms with Crippen molar-refractivity contribution < 1.29 is 5.11 Å². The van der Waals surface area contributed by atoms with Gasteiger partial charge in [-0.25, -0.2) is 0 Å². The molecule has 3 heteroatoms. The highest BCUT2D eigenvalue weighted by atomic mass is 16.2. The van der Waals surface area contributed by atoms with Gasteiger partial charge in [-0.3, -0.25) is 4.90 Å². The summed E-state index contributed by atoms with van der Waals surface area (Å²) >= 11 is 0. The Morgan fingerprint density at radius 1 is 1.00 bits per heavy atom. The van der Waals surface area contributed by atoms with Crippen molar-refractivity contribution in [3.8, 4) is 11.8 Å². The first-order chi connectivity index (χ1) is 13.2. The van der Waals surface area contributed by atoms with E-state index in [1.54, 1.807) is 0 Å². The normalized spacial score (nSPS) is 26.7. The van der Waals surface area contributed by atoms with E-state index < -0.39 is 0 Å². The third-order valence-corrected chi connectivity index (χ3v) is 6.83. The Bertz CT molecular complexity index is 670. The first-order valence-corrected chi connectivity index (χ1v) is 10.9. The molecule has 1 aliphatic carbocycles. The Hall–Kier alpha value is -1.34. The van der Waals surface area contributed by atoms with Gasteiger partial charge in [0.05, 0.1) is 6.61 Å². The molecule has 0 radical (unpaired) electrons. The molecular formula is C24H34N2O. The molecule has 2 saturated heterocycles. The van der Waals surface area contributed by atoms with E-state index in [0.29, 0.717) is 11.8 Å². The lowest BCUT2D eigenvalue weighted by Crippen LogP contribution is -2.47. The summed E-state index contributed by atoms with van der Waals surface area (Å²) < 4.78 is 0. The molecule has 1 spiro atoms. The van der Waals surface area contributed by atoms with E-state index in [1.165, 1.54) is 76.8 Å². The highest BCUT2D eigenvalue weighted by Gasteiger charge is 2.41. The van der Waals surface area contributed by atoms with Gasteiger partial charge in [0.2, 0.25) is 0 Å². The van der Waals surface area contributed by atoms with Crippen LogP contribution in [0.25, 0.3) is 0 Å². The van der Waals surface area contributed by atoms with Gasteiger partial charge in [0, 0.05) is 38.2 Å². The first kappa shape index (κ1) is 19.0. The lowest BCUT2D eigenvalue weighted by Gasteiger charge is -2.43. The highest BCUT2D eigenvalue weighted by molar-refractivity contribution is 5.36. The van der Waals surface area contributed by atoms with E-state index in [2.05, 4.69) is 45.9 Å². The molecule has 2 aliphatic heterocycles. The average Bonchev–Trinajstić information content (AvgIpc) is 3.02. The predicted octanol–water partition coefficient (Wildman–Crippen LogP) is 3.51. The van der Waals surface area contributed by atoms with Crippen LogP contribution in [0.3, 0.4) is 0 Å². The first-order valence-electron chi connectivity index (χ1n) is 10.9. The summed E-state index contributed by atoms with van der Waals surface area (Å²) in [7, 11) is 0. The number of aliphatic hydroxyl groups is 1. The van der Waals surface area contributed by atoms with Gasteiger partial charge >= 0.3 is 0 Å². The molecule has 0 bridgehead atoms. The second-order valence-electron chi connectivity index (χ2n) is 9.07. The summed E-state index contributed by atoms with van der Waals surface area (Å²) in [4.78, 5) is 5.45. The maximum atomic E-state index is 8.82. The Kier molecular flexibility index (Phi) is 6.18. The van der Waals surface area contributed by atoms with Crippen molar-refractivity contribution in [1.29, 1.82) is 0 Å². The standard InChI is InChI=1S/C24H34N2O/c27-16-2-1-5-21-8-10-23(11-9-21)18-26-15-13-24(20-26)12-4-14-25(19-24)17-22-6-3-7-22/h8-11,22,27H,2-4,6-7,12-20H2/t24-/m0/s1. The quantitative estimate of drug-likeness (QED) is 0.808. The van der Waals surface area contributed by atoms with Gasteiger partial charge in [0.25, 0.3) is 0 Å². The van der Waals surface area contributed by atoms with Gasteiger partial charge in [-0.2, -0.15) is 0 Å². The van der Waals surface area contributed by atoms with E-state index in [-0.39, 0.29) is 6.61 Å². The van der Waals surface area contributed by atoms with E-state index in [9.17, 15) is 0 Å². The van der Waals surface area contributed by atoms with E-state index in [4.69, 9.17) is 5.11 Å². The summed E-state index contributed by atoms with van der Waals surface area (Å²) in [6, 6.07) is 8.68. The number of likely N-dealkylation sites (tertiary alicyclic amines) is 2. The second kappa shape index (κ2) is 8.78. The topological polar surface area (TPSA) is 26.7 Å². The Labute approximate surface area is 164 Å². The predicted molar refractivity (Wildman–Crippen MR) is 110 cm³/mol. The minimum Gasteiger partial charge on any atom is -0.395 e. The highest BCUT2D eigenvalue weighted by Crippen LogP contribution is 2.40. The Morgan fingerprint density at radius 2 is 1.81 bits per heavy atom. The summed E-state index contributed by atoms with van der Waals surface area (Å²) in [5.41, 5.74) is 2.99. The monoisotopic (exact) mass is 366 g/mol. The van der Waals surface area contributed by atoms with Crippen molar-refractivity contribution in [2.45, 2.75) is 51.5 Å². The van der Waals surface area contributed by atoms with Crippen molar-refractivity contribution in [2.75, 3.05) is 39.3 Å². The van der Waals surface area contributed by atoms with Gasteiger partial charge in [0.15, 0.2) is 0 Å². The van der Waals surface area contributed by atoms with Gasteiger partial charge in [-0.05, 0) is 74.2 Å². The third kappa shape index (κ3) is 4.93. The minimum absolute atomic E-state index is 0.139. The fourth-order valence-electron chi connectivity index (χ4n) is 5.17. The zero-order chi connectivity index (χ0) is 18.5. The van der Waals surface area contributed by atoms with Crippen molar-refractivity contribution in [2.24, 2.45) is 11.3 Å². The molecule has 1 aromatic carbocycles. The molecule has 1 N–H and O–H groups in total. The molecule has 1 atom stereocenters. The lowest BCUT2D eigenvalue weighted by atomic mass is 9.78. The molecule has 0 unspecified atom stereocenters. The van der Waals surface area contributed by atoms with Crippen LogP contribution in [0.5, 0.6) is 0 Å². The SMILES string of the molecule is OCCC#Cc1ccc(CN2CC[C@]3(CCCN(CC4CCC4)C3)C2)cc1. The molecule has 1 saturated carbocycles. The number of hydrogen-bond acceptors (Lipinski definition) is 3. The molecule has 146 valence electrons. The van der Waals surface area contributed by atoms with Gasteiger partial charge in [-0.1, -0.05) is 30.4 Å². The van der Waals surface area contributed by atoms with E-state index in [1.807, 2.05) is 0 Å². The van der Waals surface area contributed by atoms with Crippen LogP contribution in [-0.2, 0) is 6.54 Å². The fourth-order valence-corrected chi connectivity index (χ4v) is 5.17. The van der Waals surface area contributed by atoms with E-state index in [0.717, 1.165) is 18.0 Å². The van der Waals surface area contributed by atoms with Crippen LogP contribution in [0, 0.1) is 23.2 Å². The van der Waals surface area contributed by atoms with Crippen molar-refractivity contribution in [3.05, 3.63) is 35.4 Å². The number of benzene rings is 1. The number of hydrogen-bond donors (Lipinski definition) is 1. The molecule has 0 aromatic heterocycles. The summed E-state index contributed by atoms with van der Waals surface area (Å²) in [6.07, 6.45) is 9.13. The maximum absolute atomic E-state index is 8.82. The number of piperidine rings is 1. The van der Waals surface area contributed by atoms with Crippen LogP contribution in [0.2, 0.25) is 0 Å². The summed E-state index contributed by atoms with van der Waals surface area (Å²) in [5, 5.41) is 8.82. The molecule has 3 fully saturated rings. The Morgan fingerprint density at radius 3 is 2.56 bits per heavy atom. The van der Waals surface area contributed by atoms with Crippen LogP contribution in [0.15, 0.2) is 24.3 Å². The molecular weight excluding hydrogens is 332 g/mol. The maximum Gasteiger partial charge on any atom is 0.0540 e. The smallest absolute Gasteiger partial charge is 0.0540 e. The number of rotatable bonds is 5. The van der Waals surface area contributed by atoms with Crippen LogP contribution in [-0.4, -0.2) is 54.2 Å². The summed E-state index contributed by atoms with van der Waals surface area (Å²) in [5.74, 6) is 7.10. The van der Waals surface area contributed by atoms with Gasteiger partial charge in [0.1, 0.15) is 0 Å². The zero-order valence-electron chi connectivity index (χ0n) is 16.6. The Balaban J connectivity index is 1.29. The average molecular weight is 367 g/mol. The largest absolute Gasteiger partial charge is 0.395 e. The third-order valence-electron chi connectivity index (χ3n) is 6.83.